The van der Waals surface area contributed by atoms with Crippen molar-refractivity contribution in [1.82, 2.24) is 24.7 Å². The molecule has 3 N–H and O–H groups in total. The van der Waals surface area contributed by atoms with E-state index in [0.29, 0.717) is 19.6 Å². The first-order valence-corrected chi connectivity index (χ1v) is 13.0. The highest BCUT2D eigenvalue weighted by Gasteiger charge is 2.41. The van der Waals surface area contributed by atoms with Crippen LogP contribution in [0.15, 0.2) is 66.9 Å². The summed E-state index contributed by atoms with van der Waals surface area (Å²) in [5, 5.41) is 3.29. The molecule has 2 heterocycles. The number of imidazole rings is 1. The molecule has 7 nitrogen and oxygen atoms in total. The number of amides is 2. The Morgan fingerprint density at radius 3 is 2.30 bits per heavy atom. The van der Waals surface area contributed by atoms with Gasteiger partial charge in [-0.1, -0.05) is 81.4 Å². The van der Waals surface area contributed by atoms with Crippen molar-refractivity contribution in [2.24, 2.45) is 11.1 Å². The highest BCUT2D eigenvalue weighted by molar-refractivity contribution is 5.75. The van der Waals surface area contributed by atoms with Crippen LogP contribution >= 0.6 is 0 Å². The van der Waals surface area contributed by atoms with Crippen LogP contribution in [0, 0.1) is 5.41 Å². The molecule has 0 spiro atoms. The molecule has 2 aromatic carbocycles. The normalized spacial score (nSPS) is 15.9. The summed E-state index contributed by atoms with van der Waals surface area (Å²) in [4.78, 5) is 22.5. The fraction of sp³-hybridized carbons (Fsp3) is 0.448. The molecule has 8 heteroatoms. The Bertz CT molecular complexity index is 1140. The Kier molecular flexibility index (Phi) is 8.61. The number of hydrogen-bond acceptors (Lipinski definition) is 4. The first-order chi connectivity index (χ1) is 17.8. The van der Waals surface area contributed by atoms with Crippen molar-refractivity contribution in [3.63, 3.8) is 0 Å². The van der Waals surface area contributed by atoms with Crippen molar-refractivity contribution in [3.8, 4) is 11.3 Å². The molecule has 37 heavy (non-hydrogen) atoms. The van der Waals surface area contributed by atoms with Crippen LogP contribution in [-0.4, -0.2) is 70.8 Å². The SMILES string of the molecule is CC(C)(C)[C@H](c1nc(-c2ccccc2)cn1Cc1ccccc1)N(C[C@H](F)CN)C(=O)N1CCNCC1. The summed E-state index contributed by atoms with van der Waals surface area (Å²) >= 11 is 0. The third-order valence-electron chi connectivity index (χ3n) is 6.73. The first kappa shape index (κ1) is 26.8. The second-order valence-corrected chi connectivity index (χ2v) is 10.7. The smallest absolute Gasteiger partial charge is 0.320 e. The Morgan fingerprint density at radius 1 is 1.08 bits per heavy atom. The van der Waals surface area contributed by atoms with Crippen molar-refractivity contribution in [2.75, 3.05) is 39.3 Å². The topological polar surface area (TPSA) is 79.4 Å². The quantitative estimate of drug-likeness (QED) is 0.477. The molecule has 1 aliphatic rings. The van der Waals surface area contributed by atoms with Crippen LogP contribution in [0.1, 0.15) is 38.2 Å². The zero-order chi connectivity index (χ0) is 26.4. The zero-order valence-electron chi connectivity index (χ0n) is 22.1. The highest BCUT2D eigenvalue weighted by Crippen LogP contribution is 2.40. The number of alkyl halides is 1. The van der Waals surface area contributed by atoms with E-state index < -0.39 is 17.6 Å². The average Bonchev–Trinajstić information content (AvgIpc) is 3.31. The van der Waals surface area contributed by atoms with Crippen LogP contribution < -0.4 is 11.1 Å². The number of nitrogens with zero attached hydrogens (tertiary/aromatic N) is 4. The minimum Gasteiger partial charge on any atom is -0.328 e. The summed E-state index contributed by atoms with van der Waals surface area (Å²) in [5.41, 5.74) is 8.22. The third-order valence-corrected chi connectivity index (χ3v) is 6.73. The lowest BCUT2D eigenvalue weighted by molar-refractivity contribution is 0.0654. The predicted molar refractivity (Wildman–Crippen MR) is 146 cm³/mol. The van der Waals surface area contributed by atoms with Gasteiger partial charge in [0.2, 0.25) is 0 Å². The lowest BCUT2D eigenvalue weighted by Crippen LogP contribution is -2.55. The molecule has 0 bridgehead atoms. The molecule has 2 atom stereocenters. The van der Waals surface area contributed by atoms with E-state index >= 15 is 0 Å². The Hall–Kier alpha value is -3.23. The zero-order valence-corrected chi connectivity index (χ0v) is 22.1. The van der Waals surface area contributed by atoms with E-state index in [0.717, 1.165) is 35.7 Å². The molecule has 0 aliphatic carbocycles. The van der Waals surface area contributed by atoms with Gasteiger partial charge in [0, 0.05) is 51.0 Å². The molecule has 1 fully saturated rings. The number of aromatic nitrogens is 2. The van der Waals surface area contributed by atoms with Crippen molar-refractivity contribution in [3.05, 3.63) is 78.2 Å². The number of urea groups is 1. The maximum atomic E-state index is 14.9. The third kappa shape index (κ3) is 6.56. The van der Waals surface area contributed by atoms with Gasteiger partial charge in [-0.15, -0.1) is 0 Å². The van der Waals surface area contributed by atoms with E-state index in [2.05, 4.69) is 42.8 Å². The molecule has 198 valence electrons. The lowest BCUT2D eigenvalue weighted by atomic mass is 9.84. The Balaban J connectivity index is 1.83. The van der Waals surface area contributed by atoms with Gasteiger partial charge >= 0.3 is 6.03 Å². The summed E-state index contributed by atoms with van der Waals surface area (Å²) in [5.74, 6) is 0.739. The number of carbonyl (C=O) groups excluding carboxylic acids is 1. The van der Waals surface area contributed by atoms with Gasteiger partial charge in [0.25, 0.3) is 0 Å². The summed E-state index contributed by atoms with van der Waals surface area (Å²) in [6.45, 7) is 9.20. The maximum Gasteiger partial charge on any atom is 0.320 e. The minimum absolute atomic E-state index is 0.0833. The summed E-state index contributed by atoms with van der Waals surface area (Å²) < 4.78 is 17.0. The van der Waals surface area contributed by atoms with Gasteiger partial charge in [0.15, 0.2) is 0 Å². The molecular formula is C29H39FN6O. The molecule has 3 aromatic rings. The molecule has 0 radical (unpaired) electrons. The van der Waals surface area contributed by atoms with Gasteiger partial charge in [-0.3, -0.25) is 0 Å². The number of piperazine rings is 1. The molecule has 1 aliphatic heterocycles. The van der Waals surface area contributed by atoms with Gasteiger partial charge in [0.1, 0.15) is 12.0 Å². The number of rotatable bonds is 8. The number of hydrogen-bond donors (Lipinski definition) is 2. The second-order valence-electron chi connectivity index (χ2n) is 10.7. The molecule has 1 saturated heterocycles. The van der Waals surface area contributed by atoms with E-state index in [1.807, 2.05) is 54.7 Å². The highest BCUT2D eigenvalue weighted by atomic mass is 19.1. The van der Waals surface area contributed by atoms with E-state index in [-0.39, 0.29) is 19.1 Å². The van der Waals surface area contributed by atoms with Crippen molar-refractivity contribution < 1.29 is 9.18 Å². The van der Waals surface area contributed by atoms with Crippen molar-refractivity contribution in [1.29, 1.82) is 0 Å². The molecule has 4 rings (SSSR count). The number of carbonyl (C=O) groups is 1. The fourth-order valence-electron chi connectivity index (χ4n) is 4.92. The van der Waals surface area contributed by atoms with Crippen molar-refractivity contribution >= 4 is 6.03 Å². The van der Waals surface area contributed by atoms with E-state index in [1.54, 1.807) is 9.80 Å². The van der Waals surface area contributed by atoms with Crippen LogP contribution in [-0.2, 0) is 6.54 Å². The summed E-state index contributed by atoms with van der Waals surface area (Å²) in [7, 11) is 0. The molecule has 0 unspecified atom stereocenters. The Labute approximate surface area is 219 Å². The standard InChI is InChI=1S/C29H39FN6O/c1-29(2,3)26(36(20-24(30)18-31)28(37)34-16-14-32-15-17-34)27-33-25(23-12-8-5-9-13-23)21-35(27)19-22-10-6-4-7-11-22/h4-13,21,24,26,32H,14-20,31H2,1-3H3/t24-,26+/m1/s1. The monoisotopic (exact) mass is 506 g/mol. The second kappa shape index (κ2) is 11.9. The summed E-state index contributed by atoms with van der Waals surface area (Å²) in [6, 6.07) is 19.5. The predicted octanol–water partition coefficient (Wildman–Crippen LogP) is 4.31. The van der Waals surface area contributed by atoms with Gasteiger partial charge in [-0.25, -0.2) is 14.2 Å². The van der Waals surface area contributed by atoms with Crippen molar-refractivity contribution in [2.45, 2.75) is 39.5 Å². The van der Waals surface area contributed by atoms with Gasteiger partial charge in [-0.05, 0) is 11.0 Å². The van der Waals surface area contributed by atoms with E-state index in [1.165, 1.54) is 0 Å². The maximum absolute atomic E-state index is 14.9. The number of halogens is 1. The molecule has 1 aromatic heterocycles. The van der Waals surface area contributed by atoms with Gasteiger partial charge in [-0.2, -0.15) is 0 Å². The first-order valence-electron chi connectivity index (χ1n) is 13.0. The lowest BCUT2D eigenvalue weighted by Gasteiger charge is -2.43. The average molecular weight is 507 g/mol. The van der Waals surface area contributed by atoms with Crippen LogP contribution in [0.25, 0.3) is 11.3 Å². The van der Waals surface area contributed by atoms with Crippen LogP contribution in [0.3, 0.4) is 0 Å². The minimum atomic E-state index is -1.33. The molecular weight excluding hydrogens is 467 g/mol. The fourth-order valence-corrected chi connectivity index (χ4v) is 4.92. The van der Waals surface area contributed by atoms with E-state index in [4.69, 9.17) is 10.7 Å². The van der Waals surface area contributed by atoms with Crippen LogP contribution in [0.5, 0.6) is 0 Å². The summed E-state index contributed by atoms with van der Waals surface area (Å²) in [6.07, 6.45) is 0.711. The molecule has 2 amide bonds. The van der Waals surface area contributed by atoms with Crippen LogP contribution in [0.2, 0.25) is 0 Å². The van der Waals surface area contributed by atoms with E-state index in [9.17, 15) is 9.18 Å². The largest absolute Gasteiger partial charge is 0.328 e. The number of nitrogens with two attached hydrogens (primary N) is 1. The number of nitrogens with one attached hydrogen (secondary N) is 1. The van der Waals surface area contributed by atoms with Gasteiger partial charge < -0.3 is 25.4 Å². The Morgan fingerprint density at radius 2 is 1.70 bits per heavy atom. The number of benzene rings is 2. The van der Waals surface area contributed by atoms with Gasteiger partial charge in [0.05, 0.1) is 18.3 Å². The van der Waals surface area contributed by atoms with Crippen LogP contribution in [0.4, 0.5) is 9.18 Å². The molecule has 0 saturated carbocycles.